The molecule has 0 aliphatic rings. The largest absolute Gasteiger partial charge is 0.493 e. The highest BCUT2D eigenvalue weighted by atomic mass is 79.9. The van der Waals surface area contributed by atoms with Crippen LogP contribution >= 0.6 is 31.9 Å². The third-order valence-electron chi connectivity index (χ3n) is 5.30. The monoisotopic (exact) mass is 614 g/mol. The van der Waals surface area contributed by atoms with Crippen molar-refractivity contribution in [2.24, 2.45) is 5.10 Å². The first-order valence-corrected chi connectivity index (χ1v) is 12.4. The zero-order chi connectivity index (χ0) is 25.8. The smallest absolute Gasteiger partial charge is 0.282 e. The number of nitrogens with zero attached hydrogens (tertiary/aromatic N) is 4. The minimum Gasteiger partial charge on any atom is -0.493 e. The number of nitro benzene ring substituents is 1. The van der Waals surface area contributed by atoms with Gasteiger partial charge < -0.3 is 9.47 Å². The fraction of sp³-hybridized carbons (Fsp3) is 0.160. The van der Waals surface area contributed by atoms with Gasteiger partial charge in [0.25, 0.3) is 11.2 Å². The van der Waals surface area contributed by atoms with E-state index >= 15 is 0 Å². The predicted molar refractivity (Wildman–Crippen MR) is 144 cm³/mol. The molecule has 0 aliphatic heterocycles. The standard InChI is InChI=1S/C25H20Br2N4O5/c1-3-23-29-21-9-6-17(26)11-20(21)25(32)30(23)28-13-16-10-18(27)12-22(35-2)24(16)36-14-15-4-7-19(8-5-15)31(33)34/h4-13H,3,14H2,1-2H3. The van der Waals surface area contributed by atoms with Gasteiger partial charge in [-0.05, 0) is 48.0 Å². The summed E-state index contributed by atoms with van der Waals surface area (Å²) in [6.07, 6.45) is 2.02. The second-order valence-corrected chi connectivity index (χ2v) is 9.47. The quantitative estimate of drug-likeness (QED) is 0.139. The van der Waals surface area contributed by atoms with E-state index in [1.165, 1.54) is 30.1 Å². The summed E-state index contributed by atoms with van der Waals surface area (Å²) in [4.78, 5) is 28.3. The maximum Gasteiger partial charge on any atom is 0.282 e. The molecule has 184 valence electrons. The minimum absolute atomic E-state index is 0.000916. The van der Waals surface area contributed by atoms with E-state index in [4.69, 9.17) is 9.47 Å². The minimum atomic E-state index is -0.455. The number of ether oxygens (including phenoxy) is 2. The Morgan fingerprint density at radius 2 is 1.86 bits per heavy atom. The molecular formula is C25H20Br2N4O5. The molecule has 1 aromatic heterocycles. The van der Waals surface area contributed by atoms with Crippen molar-refractivity contribution in [2.45, 2.75) is 20.0 Å². The van der Waals surface area contributed by atoms with Crippen LogP contribution in [-0.2, 0) is 13.0 Å². The molecule has 9 nitrogen and oxygen atoms in total. The Balaban J connectivity index is 1.72. The summed E-state index contributed by atoms with van der Waals surface area (Å²) in [5.41, 5.74) is 1.61. The van der Waals surface area contributed by atoms with Gasteiger partial charge in [0, 0.05) is 33.1 Å². The summed E-state index contributed by atoms with van der Waals surface area (Å²) in [5, 5.41) is 15.8. The molecule has 3 aromatic carbocycles. The summed E-state index contributed by atoms with van der Waals surface area (Å²) in [5.74, 6) is 1.38. The maximum atomic E-state index is 13.2. The average Bonchev–Trinajstić information content (AvgIpc) is 2.87. The highest BCUT2D eigenvalue weighted by molar-refractivity contribution is 9.10. The Labute approximate surface area is 222 Å². The summed E-state index contributed by atoms with van der Waals surface area (Å²) in [7, 11) is 1.52. The number of methoxy groups -OCH3 is 1. The van der Waals surface area contributed by atoms with Gasteiger partial charge in [-0.2, -0.15) is 9.78 Å². The van der Waals surface area contributed by atoms with Crippen LogP contribution in [0.2, 0.25) is 0 Å². The van der Waals surface area contributed by atoms with Crippen LogP contribution < -0.4 is 15.0 Å². The van der Waals surface area contributed by atoms with E-state index in [1.54, 1.807) is 36.4 Å². The third kappa shape index (κ3) is 5.47. The van der Waals surface area contributed by atoms with E-state index in [9.17, 15) is 14.9 Å². The highest BCUT2D eigenvalue weighted by Gasteiger charge is 2.14. The Bertz CT molecular complexity index is 1530. The summed E-state index contributed by atoms with van der Waals surface area (Å²) >= 11 is 6.87. The van der Waals surface area contributed by atoms with Crippen LogP contribution in [0, 0.1) is 10.1 Å². The van der Waals surface area contributed by atoms with Crippen LogP contribution in [0.5, 0.6) is 11.5 Å². The number of hydrogen-bond donors (Lipinski definition) is 0. The molecule has 36 heavy (non-hydrogen) atoms. The average molecular weight is 616 g/mol. The van der Waals surface area contributed by atoms with Gasteiger partial charge in [0.2, 0.25) is 0 Å². The van der Waals surface area contributed by atoms with Gasteiger partial charge >= 0.3 is 0 Å². The van der Waals surface area contributed by atoms with Crippen LogP contribution in [-0.4, -0.2) is 27.9 Å². The second kappa shape index (κ2) is 11.0. The van der Waals surface area contributed by atoms with Crippen molar-refractivity contribution in [2.75, 3.05) is 7.11 Å². The van der Waals surface area contributed by atoms with Crippen molar-refractivity contribution < 1.29 is 14.4 Å². The lowest BCUT2D eigenvalue weighted by atomic mass is 10.2. The van der Waals surface area contributed by atoms with Crippen molar-refractivity contribution in [3.05, 3.63) is 101 Å². The SMILES string of the molecule is CCc1nc2ccc(Br)cc2c(=O)n1N=Cc1cc(Br)cc(OC)c1OCc1ccc([N+](=O)[O-])cc1. The number of non-ortho nitro benzene ring substituents is 1. The van der Waals surface area contributed by atoms with Crippen LogP contribution in [0.25, 0.3) is 10.9 Å². The lowest BCUT2D eigenvalue weighted by molar-refractivity contribution is -0.384. The Kier molecular flexibility index (Phi) is 7.80. The molecule has 0 amide bonds. The molecule has 0 N–H and O–H groups in total. The molecule has 4 aromatic rings. The molecule has 0 bridgehead atoms. The topological polar surface area (TPSA) is 109 Å². The molecular weight excluding hydrogens is 596 g/mol. The van der Waals surface area contributed by atoms with Gasteiger partial charge in [0.15, 0.2) is 11.5 Å². The zero-order valence-electron chi connectivity index (χ0n) is 19.3. The Morgan fingerprint density at radius 3 is 2.53 bits per heavy atom. The molecule has 11 heteroatoms. The molecule has 1 heterocycles. The lowest BCUT2D eigenvalue weighted by Gasteiger charge is -2.14. The second-order valence-electron chi connectivity index (χ2n) is 7.64. The number of aromatic nitrogens is 2. The normalized spacial score (nSPS) is 11.2. The number of rotatable bonds is 8. The van der Waals surface area contributed by atoms with Crippen molar-refractivity contribution in [3.8, 4) is 11.5 Å². The van der Waals surface area contributed by atoms with Gasteiger partial charge in [0.05, 0.1) is 29.2 Å². The number of benzene rings is 3. The number of aryl methyl sites for hydroxylation is 1. The first kappa shape index (κ1) is 25.5. The van der Waals surface area contributed by atoms with Gasteiger partial charge in [-0.1, -0.05) is 38.8 Å². The van der Waals surface area contributed by atoms with Gasteiger partial charge in [-0.25, -0.2) is 4.98 Å². The van der Waals surface area contributed by atoms with Gasteiger partial charge in [0.1, 0.15) is 12.4 Å². The fourth-order valence-electron chi connectivity index (χ4n) is 3.52. The summed E-state index contributed by atoms with van der Waals surface area (Å²) in [6.45, 7) is 2.04. The van der Waals surface area contributed by atoms with Gasteiger partial charge in [-0.3, -0.25) is 14.9 Å². The first-order chi connectivity index (χ1) is 17.3. The molecule has 0 aliphatic carbocycles. The van der Waals surface area contributed by atoms with E-state index in [-0.39, 0.29) is 17.9 Å². The van der Waals surface area contributed by atoms with Crippen LogP contribution in [0.4, 0.5) is 5.69 Å². The molecule has 0 fully saturated rings. The fourth-order valence-corrected chi connectivity index (χ4v) is 4.34. The Morgan fingerprint density at radius 1 is 1.11 bits per heavy atom. The Hall–Kier alpha value is -3.57. The molecule has 0 saturated carbocycles. The molecule has 0 atom stereocenters. The van der Waals surface area contributed by atoms with E-state index < -0.39 is 4.92 Å². The summed E-state index contributed by atoms with van der Waals surface area (Å²) < 4.78 is 14.3. The van der Waals surface area contributed by atoms with E-state index in [0.717, 1.165) is 14.5 Å². The highest BCUT2D eigenvalue weighted by Crippen LogP contribution is 2.35. The summed E-state index contributed by atoms with van der Waals surface area (Å²) in [6, 6.07) is 15.0. The van der Waals surface area contributed by atoms with Crippen molar-refractivity contribution in [1.82, 2.24) is 9.66 Å². The molecule has 0 spiro atoms. The number of fused-ring (bicyclic) bond motifs is 1. The molecule has 0 radical (unpaired) electrons. The zero-order valence-corrected chi connectivity index (χ0v) is 22.4. The molecule has 0 unspecified atom stereocenters. The molecule has 0 saturated heterocycles. The van der Waals surface area contributed by atoms with Crippen molar-refractivity contribution in [1.29, 1.82) is 0 Å². The van der Waals surface area contributed by atoms with Crippen LogP contribution in [0.1, 0.15) is 23.9 Å². The van der Waals surface area contributed by atoms with E-state index in [2.05, 4.69) is 41.9 Å². The number of hydrogen-bond acceptors (Lipinski definition) is 7. The maximum absolute atomic E-state index is 13.2. The van der Waals surface area contributed by atoms with Crippen LogP contribution in [0.15, 0.2) is 73.4 Å². The van der Waals surface area contributed by atoms with E-state index in [1.807, 2.05) is 13.0 Å². The predicted octanol–water partition coefficient (Wildman–Crippen LogP) is 5.86. The lowest BCUT2D eigenvalue weighted by Crippen LogP contribution is -2.22. The van der Waals surface area contributed by atoms with Crippen LogP contribution in [0.3, 0.4) is 0 Å². The molecule has 4 rings (SSSR count). The van der Waals surface area contributed by atoms with Crippen molar-refractivity contribution in [3.63, 3.8) is 0 Å². The number of halogens is 2. The van der Waals surface area contributed by atoms with Crippen molar-refractivity contribution >= 4 is 54.7 Å². The van der Waals surface area contributed by atoms with Gasteiger partial charge in [-0.15, -0.1) is 0 Å². The number of nitro groups is 1. The third-order valence-corrected chi connectivity index (χ3v) is 6.25. The van der Waals surface area contributed by atoms with E-state index in [0.29, 0.717) is 40.2 Å². The first-order valence-electron chi connectivity index (χ1n) is 10.8.